The molecule has 1 saturated heterocycles. The minimum atomic E-state index is -3.44. The molecule has 1 aromatic carbocycles. The van der Waals surface area contributed by atoms with Crippen molar-refractivity contribution in [2.45, 2.75) is 50.0 Å². The normalized spacial score (nSPS) is 20.3. The molecule has 0 spiro atoms. The third-order valence-electron chi connectivity index (χ3n) is 3.90. The quantitative estimate of drug-likeness (QED) is 0.905. The molecule has 1 aliphatic heterocycles. The van der Waals surface area contributed by atoms with Crippen molar-refractivity contribution in [1.82, 2.24) is 4.31 Å². The largest absolute Gasteiger partial charge is 0.481 e. The summed E-state index contributed by atoms with van der Waals surface area (Å²) in [5, 5.41) is 8.66. The van der Waals surface area contributed by atoms with Gasteiger partial charge < -0.3 is 5.11 Å². The summed E-state index contributed by atoms with van der Waals surface area (Å²) in [5.41, 5.74) is 0.836. The van der Waals surface area contributed by atoms with E-state index < -0.39 is 16.0 Å². The lowest BCUT2D eigenvalue weighted by Crippen LogP contribution is -2.41. The third kappa shape index (κ3) is 3.83. The van der Waals surface area contributed by atoms with E-state index in [0.717, 1.165) is 24.8 Å². The number of hydrogen-bond donors (Lipinski definition) is 1. The van der Waals surface area contributed by atoms with Crippen LogP contribution in [0.3, 0.4) is 0 Å². The summed E-state index contributed by atoms with van der Waals surface area (Å²) < 4.78 is 26.8. The Morgan fingerprint density at radius 2 is 1.95 bits per heavy atom. The SMILES string of the molecule is CC1CCCCN1S(=O)(=O)c1ccc(CCC(=O)O)cc1. The van der Waals surface area contributed by atoms with Gasteiger partial charge in [0, 0.05) is 19.0 Å². The van der Waals surface area contributed by atoms with Crippen molar-refractivity contribution in [3.63, 3.8) is 0 Å². The van der Waals surface area contributed by atoms with Crippen LogP contribution in [0.5, 0.6) is 0 Å². The van der Waals surface area contributed by atoms with Gasteiger partial charge in [-0.15, -0.1) is 0 Å². The van der Waals surface area contributed by atoms with Crippen molar-refractivity contribution in [3.05, 3.63) is 29.8 Å². The average Bonchev–Trinajstić information content (AvgIpc) is 2.46. The third-order valence-corrected chi connectivity index (χ3v) is 5.93. The summed E-state index contributed by atoms with van der Waals surface area (Å²) in [6.45, 7) is 2.52. The molecule has 0 bridgehead atoms. The first-order valence-corrected chi connectivity index (χ1v) is 8.68. The van der Waals surface area contributed by atoms with E-state index in [1.165, 1.54) is 0 Å². The molecular weight excluding hydrogens is 290 g/mol. The zero-order valence-electron chi connectivity index (χ0n) is 12.2. The number of rotatable bonds is 5. The molecule has 2 rings (SSSR count). The molecule has 1 N–H and O–H groups in total. The molecule has 0 saturated carbocycles. The molecule has 5 nitrogen and oxygen atoms in total. The van der Waals surface area contributed by atoms with E-state index in [0.29, 0.717) is 13.0 Å². The van der Waals surface area contributed by atoms with E-state index in [9.17, 15) is 13.2 Å². The Bertz CT molecular complexity index is 595. The van der Waals surface area contributed by atoms with Gasteiger partial charge in [0.05, 0.1) is 4.90 Å². The van der Waals surface area contributed by atoms with E-state index in [1.807, 2.05) is 6.92 Å². The summed E-state index contributed by atoms with van der Waals surface area (Å²) in [6, 6.07) is 6.59. The summed E-state index contributed by atoms with van der Waals surface area (Å²) in [5.74, 6) is -0.853. The lowest BCUT2D eigenvalue weighted by Gasteiger charge is -2.32. The van der Waals surface area contributed by atoms with Crippen molar-refractivity contribution >= 4 is 16.0 Å². The molecule has 1 atom stereocenters. The van der Waals surface area contributed by atoms with Gasteiger partial charge in [-0.3, -0.25) is 4.79 Å². The fourth-order valence-corrected chi connectivity index (χ4v) is 4.34. The number of piperidine rings is 1. The molecule has 6 heteroatoms. The van der Waals surface area contributed by atoms with E-state index in [-0.39, 0.29) is 17.4 Å². The van der Waals surface area contributed by atoms with Crippen molar-refractivity contribution in [1.29, 1.82) is 0 Å². The standard InChI is InChI=1S/C15H21NO4S/c1-12-4-2-3-11-16(12)21(19,20)14-8-5-13(6-9-14)7-10-15(17)18/h5-6,8-9,12H,2-4,7,10-11H2,1H3,(H,17,18). The molecule has 1 fully saturated rings. The molecule has 1 heterocycles. The van der Waals surface area contributed by atoms with Crippen LogP contribution in [0.4, 0.5) is 0 Å². The molecule has 0 radical (unpaired) electrons. The van der Waals surface area contributed by atoms with Gasteiger partial charge in [-0.2, -0.15) is 4.31 Å². The Kier molecular flexibility index (Phi) is 5.00. The van der Waals surface area contributed by atoms with E-state index in [4.69, 9.17) is 5.11 Å². The lowest BCUT2D eigenvalue weighted by atomic mass is 10.1. The van der Waals surface area contributed by atoms with E-state index in [2.05, 4.69) is 0 Å². The van der Waals surface area contributed by atoms with Crippen LogP contribution < -0.4 is 0 Å². The topological polar surface area (TPSA) is 74.7 Å². The molecule has 1 aromatic rings. The Balaban J connectivity index is 2.14. The fraction of sp³-hybridized carbons (Fsp3) is 0.533. The molecule has 0 aliphatic carbocycles. The maximum absolute atomic E-state index is 12.6. The van der Waals surface area contributed by atoms with Crippen LogP contribution in [0.1, 0.15) is 38.2 Å². The summed E-state index contributed by atoms with van der Waals surface area (Å²) in [6.07, 6.45) is 3.34. The molecule has 0 aromatic heterocycles. The molecule has 1 aliphatic rings. The van der Waals surface area contributed by atoms with Crippen LogP contribution in [-0.2, 0) is 21.2 Å². The van der Waals surface area contributed by atoms with E-state index in [1.54, 1.807) is 28.6 Å². The number of carbonyl (C=O) groups is 1. The first-order chi connectivity index (χ1) is 9.91. The van der Waals surface area contributed by atoms with Gasteiger partial charge in [-0.25, -0.2) is 8.42 Å². The highest BCUT2D eigenvalue weighted by atomic mass is 32.2. The van der Waals surface area contributed by atoms with Crippen LogP contribution in [-0.4, -0.2) is 36.4 Å². The van der Waals surface area contributed by atoms with Crippen molar-refractivity contribution < 1.29 is 18.3 Å². The molecule has 116 valence electrons. The minimum Gasteiger partial charge on any atom is -0.481 e. The number of carboxylic acid groups (broad SMARTS) is 1. The van der Waals surface area contributed by atoms with Crippen molar-refractivity contribution in [2.75, 3.05) is 6.54 Å². The van der Waals surface area contributed by atoms with Crippen LogP contribution in [0.15, 0.2) is 29.2 Å². The van der Waals surface area contributed by atoms with Gasteiger partial charge in [-0.1, -0.05) is 18.6 Å². The van der Waals surface area contributed by atoms with Gasteiger partial charge in [0.25, 0.3) is 0 Å². The van der Waals surface area contributed by atoms with Gasteiger partial charge in [0.15, 0.2) is 0 Å². The second-order valence-corrected chi connectivity index (χ2v) is 7.39. The minimum absolute atomic E-state index is 0.0374. The highest BCUT2D eigenvalue weighted by molar-refractivity contribution is 7.89. The number of benzene rings is 1. The van der Waals surface area contributed by atoms with Crippen LogP contribution in [0.25, 0.3) is 0 Å². The van der Waals surface area contributed by atoms with Crippen molar-refractivity contribution in [3.8, 4) is 0 Å². The predicted molar refractivity (Wildman–Crippen MR) is 79.6 cm³/mol. The number of hydrogen-bond acceptors (Lipinski definition) is 3. The first kappa shape index (κ1) is 16.0. The number of aliphatic carboxylic acids is 1. The maximum Gasteiger partial charge on any atom is 0.303 e. The van der Waals surface area contributed by atoms with Gasteiger partial charge in [0.2, 0.25) is 10.0 Å². The number of aryl methyl sites for hydroxylation is 1. The number of carboxylic acids is 1. The Hall–Kier alpha value is -1.40. The molecule has 1 unspecified atom stereocenters. The molecule has 21 heavy (non-hydrogen) atoms. The van der Waals surface area contributed by atoms with Crippen LogP contribution in [0, 0.1) is 0 Å². The molecular formula is C15H21NO4S. The van der Waals surface area contributed by atoms with Gasteiger partial charge >= 0.3 is 5.97 Å². The highest BCUT2D eigenvalue weighted by Gasteiger charge is 2.30. The Morgan fingerprint density at radius 1 is 1.29 bits per heavy atom. The average molecular weight is 311 g/mol. The zero-order chi connectivity index (χ0) is 15.5. The van der Waals surface area contributed by atoms with Crippen LogP contribution in [0.2, 0.25) is 0 Å². The number of sulfonamides is 1. The Morgan fingerprint density at radius 3 is 2.52 bits per heavy atom. The van der Waals surface area contributed by atoms with Crippen LogP contribution >= 0.6 is 0 Å². The summed E-state index contributed by atoms with van der Waals surface area (Å²) >= 11 is 0. The van der Waals surface area contributed by atoms with E-state index >= 15 is 0 Å². The summed E-state index contributed by atoms with van der Waals surface area (Å²) in [7, 11) is -3.44. The zero-order valence-corrected chi connectivity index (χ0v) is 13.0. The van der Waals surface area contributed by atoms with Gasteiger partial charge in [0.1, 0.15) is 0 Å². The maximum atomic E-state index is 12.6. The monoisotopic (exact) mass is 311 g/mol. The second kappa shape index (κ2) is 6.58. The molecule has 0 amide bonds. The summed E-state index contributed by atoms with van der Waals surface area (Å²) in [4.78, 5) is 10.8. The lowest BCUT2D eigenvalue weighted by molar-refractivity contribution is -0.136. The second-order valence-electron chi connectivity index (χ2n) is 5.50. The fourth-order valence-electron chi connectivity index (χ4n) is 2.64. The van der Waals surface area contributed by atoms with Crippen molar-refractivity contribution in [2.24, 2.45) is 0 Å². The highest BCUT2D eigenvalue weighted by Crippen LogP contribution is 2.25. The number of nitrogens with zero attached hydrogens (tertiary/aromatic N) is 1. The smallest absolute Gasteiger partial charge is 0.303 e. The predicted octanol–water partition coefficient (Wildman–Crippen LogP) is 2.27. The first-order valence-electron chi connectivity index (χ1n) is 7.24. The Labute approximate surface area is 125 Å². The van der Waals surface area contributed by atoms with Gasteiger partial charge in [-0.05, 0) is 43.9 Å².